The highest BCUT2D eigenvalue weighted by Crippen LogP contribution is 2.14. The van der Waals surface area contributed by atoms with E-state index in [-0.39, 0.29) is 6.42 Å². The number of amides is 1. The summed E-state index contributed by atoms with van der Waals surface area (Å²) in [6.07, 6.45) is -0.950. The number of carboxylic acid groups (broad SMARTS) is 1. The van der Waals surface area contributed by atoms with E-state index in [2.05, 4.69) is 5.32 Å². The molecule has 0 aromatic heterocycles. The lowest BCUT2D eigenvalue weighted by Gasteiger charge is -2.26. The second-order valence-corrected chi connectivity index (χ2v) is 5.34. The maximum Gasteiger partial charge on any atom is 0.305 e. The molecule has 1 atom stereocenters. The lowest BCUT2D eigenvalue weighted by Crippen LogP contribution is -2.49. The van der Waals surface area contributed by atoms with Crippen LogP contribution in [-0.2, 0) is 9.59 Å². The monoisotopic (exact) mass is 290 g/mol. The molecule has 0 aliphatic carbocycles. The third kappa shape index (κ3) is 5.53. The zero-order chi connectivity index (χ0) is 16.0. The Morgan fingerprint density at radius 3 is 2.43 bits per heavy atom. The van der Waals surface area contributed by atoms with E-state index in [1.54, 1.807) is 45.0 Å². The van der Waals surface area contributed by atoms with Crippen molar-refractivity contribution in [2.75, 3.05) is 0 Å². The van der Waals surface area contributed by atoms with Crippen molar-refractivity contribution in [2.24, 2.45) is 0 Å². The Morgan fingerprint density at radius 2 is 1.95 bits per heavy atom. The number of carboxylic acids is 1. The van der Waals surface area contributed by atoms with Crippen molar-refractivity contribution in [3.05, 3.63) is 29.8 Å². The van der Waals surface area contributed by atoms with Crippen LogP contribution in [0.5, 0.6) is 5.75 Å². The van der Waals surface area contributed by atoms with Crippen molar-refractivity contribution < 1.29 is 19.4 Å². The summed E-state index contributed by atoms with van der Waals surface area (Å²) < 4.78 is 5.46. The van der Waals surface area contributed by atoms with Crippen molar-refractivity contribution in [1.29, 1.82) is 5.26 Å². The fourth-order valence-corrected chi connectivity index (χ4v) is 1.72. The number of nitrogens with one attached hydrogen (secondary N) is 1. The Kier molecular flexibility index (Phi) is 5.30. The predicted octanol–water partition coefficient (Wildman–Crippen LogP) is 1.70. The van der Waals surface area contributed by atoms with Gasteiger partial charge in [0.2, 0.25) is 0 Å². The number of nitriles is 1. The Balaban J connectivity index is 2.62. The van der Waals surface area contributed by atoms with Gasteiger partial charge in [-0.25, -0.2) is 0 Å². The Morgan fingerprint density at radius 1 is 1.38 bits per heavy atom. The van der Waals surface area contributed by atoms with Gasteiger partial charge in [-0.1, -0.05) is 0 Å². The molecule has 0 heterocycles. The first-order valence-electron chi connectivity index (χ1n) is 6.44. The molecule has 0 saturated heterocycles. The minimum absolute atomic E-state index is 0.178. The van der Waals surface area contributed by atoms with E-state index in [9.17, 15) is 9.59 Å². The summed E-state index contributed by atoms with van der Waals surface area (Å²) in [7, 11) is 0. The number of hydrogen-bond acceptors (Lipinski definition) is 4. The van der Waals surface area contributed by atoms with Crippen molar-refractivity contribution in [2.45, 2.75) is 38.8 Å². The van der Waals surface area contributed by atoms with Crippen LogP contribution < -0.4 is 10.1 Å². The van der Waals surface area contributed by atoms with Gasteiger partial charge in [-0.15, -0.1) is 0 Å². The molecule has 1 amide bonds. The highest BCUT2D eigenvalue weighted by Gasteiger charge is 2.26. The number of benzene rings is 1. The summed E-state index contributed by atoms with van der Waals surface area (Å²) in [5.74, 6) is -0.917. The molecular formula is C15H18N2O4. The third-order valence-electron chi connectivity index (χ3n) is 2.72. The molecule has 0 fully saturated rings. The first kappa shape index (κ1) is 16.5. The molecule has 0 aliphatic heterocycles. The molecule has 6 heteroatoms. The summed E-state index contributed by atoms with van der Waals surface area (Å²) in [6, 6.07) is 8.38. The second-order valence-electron chi connectivity index (χ2n) is 5.34. The summed E-state index contributed by atoms with van der Waals surface area (Å²) in [4.78, 5) is 22.7. The maximum absolute atomic E-state index is 12.0. The van der Waals surface area contributed by atoms with Gasteiger partial charge in [-0.2, -0.15) is 5.26 Å². The molecule has 1 rings (SSSR count). The molecule has 0 spiro atoms. The average molecular weight is 290 g/mol. The number of aliphatic carboxylic acids is 1. The zero-order valence-corrected chi connectivity index (χ0v) is 12.2. The number of carbonyl (C=O) groups is 2. The van der Waals surface area contributed by atoms with Gasteiger partial charge in [-0.3, -0.25) is 9.59 Å². The van der Waals surface area contributed by atoms with Gasteiger partial charge in [0.05, 0.1) is 18.1 Å². The Labute approximate surface area is 123 Å². The minimum atomic E-state index is -0.985. The molecular weight excluding hydrogens is 272 g/mol. The fraction of sp³-hybridized carbons (Fsp3) is 0.400. The van der Waals surface area contributed by atoms with E-state index >= 15 is 0 Å². The van der Waals surface area contributed by atoms with Crippen LogP contribution in [-0.4, -0.2) is 28.6 Å². The summed E-state index contributed by atoms with van der Waals surface area (Å²) in [5.41, 5.74) is -0.354. The zero-order valence-electron chi connectivity index (χ0n) is 12.2. The van der Waals surface area contributed by atoms with Crippen LogP contribution in [0.25, 0.3) is 0 Å². The molecule has 1 unspecified atom stereocenters. The van der Waals surface area contributed by atoms with E-state index in [4.69, 9.17) is 15.1 Å². The summed E-state index contributed by atoms with van der Waals surface area (Å²) in [5, 5.41) is 20.1. The molecule has 21 heavy (non-hydrogen) atoms. The van der Waals surface area contributed by atoms with Crippen molar-refractivity contribution >= 4 is 11.9 Å². The fourth-order valence-electron chi connectivity index (χ4n) is 1.72. The van der Waals surface area contributed by atoms with Crippen LogP contribution in [0.4, 0.5) is 0 Å². The van der Waals surface area contributed by atoms with Crippen LogP contribution in [0.15, 0.2) is 24.3 Å². The third-order valence-corrected chi connectivity index (χ3v) is 2.72. The van der Waals surface area contributed by atoms with Crippen LogP contribution in [0.1, 0.15) is 32.8 Å². The Hall–Kier alpha value is -2.55. The number of hydrogen-bond donors (Lipinski definition) is 2. The van der Waals surface area contributed by atoms with Crippen molar-refractivity contribution in [1.82, 2.24) is 5.32 Å². The maximum atomic E-state index is 12.0. The number of carbonyl (C=O) groups excluding carboxylic acids is 1. The van der Waals surface area contributed by atoms with Gasteiger partial charge in [0.15, 0.2) is 6.10 Å². The molecule has 112 valence electrons. The highest BCUT2D eigenvalue weighted by molar-refractivity contribution is 5.82. The van der Waals surface area contributed by atoms with Crippen LogP contribution >= 0.6 is 0 Å². The smallest absolute Gasteiger partial charge is 0.305 e. The molecule has 0 saturated carbocycles. The SMILES string of the molecule is CC(Oc1ccc(C#N)cc1)C(=O)NC(C)(C)CC(=O)O. The molecule has 0 radical (unpaired) electrons. The van der Waals surface area contributed by atoms with E-state index in [0.717, 1.165) is 0 Å². The number of rotatable bonds is 6. The van der Waals surface area contributed by atoms with Crippen LogP contribution in [0.3, 0.4) is 0 Å². The molecule has 1 aromatic rings. The quantitative estimate of drug-likeness (QED) is 0.830. The van der Waals surface area contributed by atoms with Crippen LogP contribution in [0, 0.1) is 11.3 Å². The van der Waals surface area contributed by atoms with E-state index < -0.39 is 23.5 Å². The average Bonchev–Trinajstić information content (AvgIpc) is 2.37. The van der Waals surface area contributed by atoms with E-state index in [0.29, 0.717) is 11.3 Å². The topological polar surface area (TPSA) is 99.4 Å². The van der Waals surface area contributed by atoms with Crippen molar-refractivity contribution in [3.63, 3.8) is 0 Å². The molecule has 6 nitrogen and oxygen atoms in total. The van der Waals surface area contributed by atoms with E-state index in [1.165, 1.54) is 0 Å². The first-order chi connectivity index (χ1) is 9.73. The molecule has 0 bridgehead atoms. The second kappa shape index (κ2) is 6.75. The highest BCUT2D eigenvalue weighted by atomic mass is 16.5. The number of nitrogens with zero attached hydrogens (tertiary/aromatic N) is 1. The molecule has 0 aliphatic rings. The summed E-state index contributed by atoms with van der Waals surface area (Å²) >= 11 is 0. The first-order valence-corrected chi connectivity index (χ1v) is 6.44. The van der Waals surface area contributed by atoms with Gasteiger partial charge in [0.25, 0.3) is 5.91 Å². The lowest BCUT2D eigenvalue weighted by atomic mass is 10.0. The largest absolute Gasteiger partial charge is 0.481 e. The minimum Gasteiger partial charge on any atom is -0.481 e. The lowest BCUT2D eigenvalue weighted by molar-refractivity contribution is -0.139. The summed E-state index contributed by atoms with van der Waals surface area (Å²) in [6.45, 7) is 4.84. The van der Waals surface area contributed by atoms with Gasteiger partial charge >= 0.3 is 5.97 Å². The number of ether oxygens (including phenoxy) is 1. The Bertz CT molecular complexity index is 558. The van der Waals surface area contributed by atoms with Gasteiger partial charge < -0.3 is 15.2 Å². The van der Waals surface area contributed by atoms with Crippen molar-refractivity contribution in [3.8, 4) is 11.8 Å². The standard InChI is InChI=1S/C15H18N2O4/c1-10(14(20)17-15(2,3)8-13(18)19)21-12-6-4-11(9-16)5-7-12/h4-7,10H,8H2,1-3H3,(H,17,20)(H,18,19). The molecule has 2 N–H and O–H groups in total. The van der Waals surface area contributed by atoms with Gasteiger partial charge in [0, 0.05) is 5.54 Å². The van der Waals surface area contributed by atoms with Gasteiger partial charge in [-0.05, 0) is 45.0 Å². The van der Waals surface area contributed by atoms with Crippen LogP contribution in [0.2, 0.25) is 0 Å². The normalized spacial score (nSPS) is 12.1. The van der Waals surface area contributed by atoms with E-state index in [1.807, 2.05) is 6.07 Å². The predicted molar refractivity (Wildman–Crippen MR) is 75.7 cm³/mol. The molecule has 1 aromatic carbocycles. The van der Waals surface area contributed by atoms with Gasteiger partial charge in [0.1, 0.15) is 5.75 Å².